The Bertz CT molecular complexity index is 1190. The van der Waals surface area contributed by atoms with Gasteiger partial charge in [-0.05, 0) is 127 Å². The maximum Gasteiger partial charge on any atom is 0.424 e. The minimum atomic E-state index is -4.71. The highest BCUT2D eigenvalue weighted by Crippen LogP contribution is 2.71. The summed E-state index contributed by atoms with van der Waals surface area (Å²) in [6, 6.07) is 3.13. The minimum Gasteiger partial charge on any atom is -0.399 e. The summed E-state index contributed by atoms with van der Waals surface area (Å²) in [7, 11) is 0. The number of hydrogen-bond acceptors (Lipinski definition) is 3. The molecule has 4 N–H and O–H groups in total. The Hall–Kier alpha value is -1.50. The van der Waals surface area contributed by atoms with Crippen LogP contribution >= 0.6 is 0 Å². The molecule has 4 fully saturated rings. The maximum absolute atomic E-state index is 15.4. The van der Waals surface area contributed by atoms with Gasteiger partial charge < -0.3 is 16.2 Å². The van der Waals surface area contributed by atoms with Crippen LogP contribution in [0.25, 0.3) is 0 Å². The molecule has 0 spiro atoms. The molecule has 0 saturated heterocycles. The fraction of sp³-hybridized carbons (Fsp3) is 0.838. The van der Waals surface area contributed by atoms with Crippen LogP contribution in [0.3, 0.4) is 0 Å². The first kappa shape index (κ1) is 33.9. The van der Waals surface area contributed by atoms with Gasteiger partial charge in [0.25, 0.3) is 0 Å². The molecular formula is C37H58F4N2O. The molecule has 7 heteroatoms. The third-order valence-electron chi connectivity index (χ3n) is 13.8. The quantitative estimate of drug-likeness (QED) is 0.213. The predicted octanol–water partition coefficient (Wildman–Crippen LogP) is 10.7. The van der Waals surface area contributed by atoms with E-state index < -0.39 is 34.8 Å². The van der Waals surface area contributed by atoms with Crippen LogP contribution < -0.4 is 11.5 Å². The van der Waals surface area contributed by atoms with E-state index in [4.69, 9.17) is 16.2 Å². The normalized spacial score (nSPS) is 37.7. The van der Waals surface area contributed by atoms with Crippen LogP contribution in [0.2, 0.25) is 0 Å². The Morgan fingerprint density at radius 1 is 0.841 bits per heavy atom. The number of benzene rings is 1. The summed E-state index contributed by atoms with van der Waals surface area (Å²) < 4.78 is 66.7. The predicted molar refractivity (Wildman–Crippen MR) is 171 cm³/mol. The van der Waals surface area contributed by atoms with Crippen molar-refractivity contribution in [2.24, 2.45) is 57.7 Å². The molecule has 0 heterocycles. The number of halogens is 4. The standard InChI is InChI=1S/C37H58F4N2O/c1-22(2)9-8-10-23(3)26-14-15-27-25-12-16-31-33(4,5)32(18-20-35(31,7)28(25)17-19-34(26,27)6)44-37(40,41)36(38,39)29-13-11-24(42)21-30(29)43/h11,13,21-23,25-28,31-32H,8-10,12,14-20,42-43H2,1-7H3/t23-,25+,26-,27+,28+,31?,32?,34-,35-/m1/s1. The van der Waals surface area contributed by atoms with E-state index in [0.29, 0.717) is 23.7 Å². The molecule has 0 aliphatic heterocycles. The van der Waals surface area contributed by atoms with Crippen LogP contribution in [0.1, 0.15) is 125 Å². The van der Waals surface area contributed by atoms with Crippen molar-refractivity contribution in [3.8, 4) is 0 Å². The van der Waals surface area contributed by atoms with Gasteiger partial charge in [-0.1, -0.05) is 67.7 Å². The number of alkyl halides is 4. The van der Waals surface area contributed by atoms with Gasteiger partial charge in [0.15, 0.2) is 0 Å². The van der Waals surface area contributed by atoms with Crippen LogP contribution in [-0.2, 0) is 10.7 Å². The smallest absolute Gasteiger partial charge is 0.399 e. The lowest BCUT2D eigenvalue weighted by Crippen LogP contribution is -2.61. The van der Waals surface area contributed by atoms with Crippen molar-refractivity contribution in [2.75, 3.05) is 11.5 Å². The first-order chi connectivity index (χ1) is 20.4. The molecule has 0 bridgehead atoms. The highest BCUT2D eigenvalue weighted by atomic mass is 19.3. The Labute approximate surface area is 263 Å². The molecule has 0 radical (unpaired) electrons. The molecular weight excluding hydrogens is 564 g/mol. The Morgan fingerprint density at radius 2 is 1.50 bits per heavy atom. The number of nitrogen functional groups attached to an aromatic ring is 2. The van der Waals surface area contributed by atoms with Crippen LogP contribution in [0.4, 0.5) is 28.9 Å². The molecule has 3 nitrogen and oxygen atoms in total. The van der Waals surface area contributed by atoms with Crippen molar-refractivity contribution in [3.63, 3.8) is 0 Å². The molecule has 2 unspecified atom stereocenters. The van der Waals surface area contributed by atoms with Crippen molar-refractivity contribution >= 4 is 11.4 Å². The number of nitrogens with two attached hydrogens (primary N) is 2. The van der Waals surface area contributed by atoms with E-state index in [1.54, 1.807) is 0 Å². The lowest BCUT2D eigenvalue weighted by molar-refractivity contribution is -0.385. The van der Waals surface area contributed by atoms with Crippen molar-refractivity contribution < 1.29 is 22.3 Å². The van der Waals surface area contributed by atoms with Crippen LogP contribution in [0.15, 0.2) is 18.2 Å². The van der Waals surface area contributed by atoms with Crippen molar-refractivity contribution in [3.05, 3.63) is 23.8 Å². The molecule has 44 heavy (non-hydrogen) atoms. The van der Waals surface area contributed by atoms with Crippen molar-refractivity contribution in [2.45, 2.75) is 137 Å². The van der Waals surface area contributed by atoms with Gasteiger partial charge in [-0.3, -0.25) is 0 Å². The summed E-state index contributed by atoms with van der Waals surface area (Å²) in [6.45, 7) is 16.0. The van der Waals surface area contributed by atoms with Gasteiger partial charge in [0, 0.05) is 11.4 Å². The summed E-state index contributed by atoms with van der Waals surface area (Å²) >= 11 is 0. The molecule has 4 saturated carbocycles. The average Bonchev–Trinajstić information content (AvgIpc) is 3.27. The van der Waals surface area contributed by atoms with Crippen LogP contribution in [0, 0.1) is 57.7 Å². The van der Waals surface area contributed by atoms with Crippen molar-refractivity contribution in [1.82, 2.24) is 0 Å². The Balaban J connectivity index is 1.31. The van der Waals surface area contributed by atoms with E-state index >= 15 is 17.6 Å². The highest BCUT2D eigenvalue weighted by Gasteiger charge is 2.66. The zero-order chi connectivity index (χ0) is 32.5. The van der Waals surface area contributed by atoms with Gasteiger partial charge in [-0.2, -0.15) is 17.6 Å². The SMILES string of the molecule is CC(C)CCC[C@@H](C)[C@H]1CC[C@H]2[C@@H]3CCC4C(C)(C)C(OC(F)(F)C(F)(F)c5ccc(N)cc5N)CC[C@]4(C)[C@H]3CC[C@]12C. The Kier molecular flexibility index (Phi) is 8.95. The van der Waals surface area contributed by atoms with E-state index in [2.05, 4.69) is 34.6 Å². The van der Waals surface area contributed by atoms with E-state index in [0.717, 1.165) is 55.1 Å². The van der Waals surface area contributed by atoms with E-state index in [9.17, 15) is 0 Å². The second-order valence-corrected chi connectivity index (χ2v) is 16.9. The molecule has 0 aromatic heterocycles. The molecule has 250 valence electrons. The molecule has 1 aromatic carbocycles. The number of hydrogen-bond donors (Lipinski definition) is 2. The molecule has 0 amide bonds. The largest absolute Gasteiger partial charge is 0.424 e. The zero-order valence-corrected chi connectivity index (χ0v) is 28.2. The van der Waals surface area contributed by atoms with Gasteiger partial charge >= 0.3 is 12.0 Å². The van der Waals surface area contributed by atoms with E-state index in [-0.39, 0.29) is 17.0 Å². The second-order valence-electron chi connectivity index (χ2n) is 16.9. The first-order valence-electron chi connectivity index (χ1n) is 17.4. The third-order valence-corrected chi connectivity index (χ3v) is 13.8. The molecule has 5 rings (SSSR count). The van der Waals surface area contributed by atoms with Crippen LogP contribution in [-0.4, -0.2) is 12.2 Å². The zero-order valence-electron chi connectivity index (χ0n) is 28.2. The molecule has 1 aromatic rings. The van der Waals surface area contributed by atoms with Gasteiger partial charge in [0.05, 0.1) is 11.7 Å². The summed E-state index contributed by atoms with van der Waals surface area (Å²) in [6.07, 6.45) is 6.46. The van der Waals surface area contributed by atoms with E-state index in [1.165, 1.54) is 51.0 Å². The van der Waals surface area contributed by atoms with Gasteiger partial charge in [0.2, 0.25) is 0 Å². The number of ether oxygens (including phenoxy) is 1. The third kappa shape index (κ3) is 5.47. The number of fused-ring (bicyclic) bond motifs is 5. The number of rotatable bonds is 9. The molecule has 4 aliphatic carbocycles. The summed E-state index contributed by atoms with van der Waals surface area (Å²) in [5.74, 6) is -0.220. The lowest BCUT2D eigenvalue weighted by atomic mass is 9.41. The molecule has 4 aliphatic rings. The first-order valence-corrected chi connectivity index (χ1v) is 17.4. The lowest BCUT2D eigenvalue weighted by Gasteiger charge is -2.65. The highest BCUT2D eigenvalue weighted by molar-refractivity contribution is 5.58. The topological polar surface area (TPSA) is 61.3 Å². The average molecular weight is 623 g/mol. The summed E-state index contributed by atoms with van der Waals surface area (Å²) in [5.41, 5.74) is 9.77. The number of anilines is 2. The fourth-order valence-electron chi connectivity index (χ4n) is 11.6. The van der Waals surface area contributed by atoms with Gasteiger partial charge in [-0.25, -0.2) is 0 Å². The second kappa shape index (κ2) is 11.6. The van der Waals surface area contributed by atoms with Crippen molar-refractivity contribution in [1.29, 1.82) is 0 Å². The van der Waals surface area contributed by atoms with Gasteiger partial charge in [-0.15, -0.1) is 0 Å². The summed E-state index contributed by atoms with van der Waals surface area (Å²) in [5, 5.41) is 0. The Morgan fingerprint density at radius 3 is 2.16 bits per heavy atom. The fourth-order valence-corrected chi connectivity index (χ4v) is 11.6. The molecule has 9 atom stereocenters. The van der Waals surface area contributed by atoms with Gasteiger partial charge in [0.1, 0.15) is 0 Å². The summed E-state index contributed by atoms with van der Waals surface area (Å²) in [4.78, 5) is 0. The monoisotopic (exact) mass is 622 g/mol. The minimum absolute atomic E-state index is 0.00619. The maximum atomic E-state index is 15.4. The van der Waals surface area contributed by atoms with Crippen LogP contribution in [0.5, 0.6) is 0 Å². The van der Waals surface area contributed by atoms with E-state index in [1.807, 2.05) is 13.8 Å².